The van der Waals surface area contributed by atoms with Crippen LogP contribution in [0, 0.1) is 0 Å². The molecule has 1 heterocycles. The minimum Gasteiger partial charge on any atom is -0.493 e. The number of hydrogen-bond donors (Lipinski definition) is 1. The molecule has 0 saturated carbocycles. The largest absolute Gasteiger partial charge is 0.493 e. The van der Waals surface area contributed by atoms with E-state index in [4.69, 9.17) is 14.2 Å². The monoisotopic (exact) mass is 237 g/mol. The quantitative estimate of drug-likeness (QED) is 0.771. The van der Waals surface area contributed by atoms with Crippen molar-refractivity contribution in [1.29, 1.82) is 0 Å². The van der Waals surface area contributed by atoms with Crippen LogP contribution in [0.1, 0.15) is 25.3 Å². The minimum absolute atomic E-state index is 0.276. The topological polar surface area (TPSA) is 39.7 Å². The van der Waals surface area contributed by atoms with Crippen molar-refractivity contribution in [3.05, 3.63) is 17.7 Å². The summed E-state index contributed by atoms with van der Waals surface area (Å²) < 4.78 is 16.0. The van der Waals surface area contributed by atoms with Gasteiger partial charge in [-0.25, -0.2) is 0 Å². The van der Waals surface area contributed by atoms with Crippen LogP contribution in [0.5, 0.6) is 17.2 Å². The number of benzene rings is 1. The van der Waals surface area contributed by atoms with Crippen LogP contribution in [0.2, 0.25) is 0 Å². The molecule has 0 unspecified atom stereocenters. The maximum absolute atomic E-state index is 5.38. The molecule has 0 amide bonds. The van der Waals surface area contributed by atoms with Gasteiger partial charge in [0, 0.05) is 6.54 Å². The van der Waals surface area contributed by atoms with Crippen molar-refractivity contribution >= 4 is 0 Å². The molecule has 0 aliphatic carbocycles. The molecule has 1 N–H and O–H groups in total. The van der Waals surface area contributed by atoms with Crippen LogP contribution >= 0.6 is 0 Å². The third kappa shape index (κ3) is 2.82. The highest BCUT2D eigenvalue weighted by molar-refractivity contribution is 5.55. The molecule has 4 nitrogen and oxygen atoms in total. The summed E-state index contributed by atoms with van der Waals surface area (Å²) in [5.74, 6) is 2.23. The molecule has 0 bridgehead atoms. The number of methoxy groups -OCH3 is 1. The van der Waals surface area contributed by atoms with E-state index in [1.807, 2.05) is 12.1 Å². The van der Waals surface area contributed by atoms with Gasteiger partial charge < -0.3 is 19.5 Å². The van der Waals surface area contributed by atoms with Gasteiger partial charge in [0.2, 0.25) is 12.5 Å². The summed E-state index contributed by atoms with van der Waals surface area (Å²) in [6, 6.07) is 4.00. The average molecular weight is 237 g/mol. The molecule has 0 atom stereocenters. The third-order valence-corrected chi connectivity index (χ3v) is 2.75. The van der Waals surface area contributed by atoms with Gasteiger partial charge in [-0.2, -0.15) is 0 Å². The first-order valence-electron chi connectivity index (χ1n) is 6.02. The summed E-state index contributed by atoms with van der Waals surface area (Å²) in [6.45, 7) is 4.32. The molecular formula is C13H19NO3. The van der Waals surface area contributed by atoms with Crippen molar-refractivity contribution in [2.75, 3.05) is 20.4 Å². The van der Waals surface area contributed by atoms with Crippen molar-refractivity contribution in [3.8, 4) is 17.2 Å². The zero-order chi connectivity index (χ0) is 12.1. The highest BCUT2D eigenvalue weighted by Gasteiger charge is 2.19. The van der Waals surface area contributed by atoms with E-state index in [2.05, 4.69) is 12.2 Å². The molecule has 94 valence electrons. The van der Waals surface area contributed by atoms with Crippen molar-refractivity contribution in [2.24, 2.45) is 0 Å². The number of ether oxygens (including phenoxy) is 3. The molecule has 0 radical (unpaired) electrons. The first kappa shape index (κ1) is 12.0. The van der Waals surface area contributed by atoms with E-state index in [0.717, 1.165) is 30.2 Å². The lowest BCUT2D eigenvalue weighted by atomic mass is 10.2. The van der Waals surface area contributed by atoms with Crippen LogP contribution < -0.4 is 19.5 Å². The first-order valence-corrected chi connectivity index (χ1v) is 6.02. The van der Waals surface area contributed by atoms with Gasteiger partial charge >= 0.3 is 0 Å². The van der Waals surface area contributed by atoms with Crippen LogP contribution in [-0.2, 0) is 6.54 Å². The minimum atomic E-state index is 0.276. The van der Waals surface area contributed by atoms with Crippen molar-refractivity contribution in [1.82, 2.24) is 5.32 Å². The number of rotatable bonds is 6. The van der Waals surface area contributed by atoms with Gasteiger partial charge in [0.25, 0.3) is 0 Å². The van der Waals surface area contributed by atoms with Gasteiger partial charge in [-0.3, -0.25) is 0 Å². The van der Waals surface area contributed by atoms with E-state index >= 15 is 0 Å². The summed E-state index contributed by atoms with van der Waals surface area (Å²) in [4.78, 5) is 0. The lowest BCUT2D eigenvalue weighted by Gasteiger charge is -2.09. The van der Waals surface area contributed by atoms with Crippen molar-refractivity contribution in [3.63, 3.8) is 0 Å². The Labute approximate surface area is 102 Å². The Morgan fingerprint density at radius 3 is 3.00 bits per heavy atom. The number of nitrogens with one attached hydrogen (secondary N) is 1. The Balaban J connectivity index is 2.03. The Morgan fingerprint density at radius 1 is 1.35 bits per heavy atom. The fourth-order valence-electron chi connectivity index (χ4n) is 1.82. The normalized spacial score (nSPS) is 12.8. The molecule has 0 spiro atoms. The predicted octanol–water partition coefficient (Wildman–Crippen LogP) is 2.31. The maximum atomic E-state index is 5.38. The van der Waals surface area contributed by atoms with Crippen LogP contribution in [0.4, 0.5) is 0 Å². The van der Waals surface area contributed by atoms with Crippen molar-refractivity contribution in [2.45, 2.75) is 26.3 Å². The summed E-state index contributed by atoms with van der Waals surface area (Å²) in [5, 5.41) is 3.39. The zero-order valence-electron chi connectivity index (χ0n) is 10.4. The summed E-state index contributed by atoms with van der Waals surface area (Å²) in [5.41, 5.74) is 1.15. The molecular weight excluding hydrogens is 218 g/mol. The maximum Gasteiger partial charge on any atom is 0.231 e. The van der Waals surface area contributed by atoms with E-state index < -0.39 is 0 Å². The lowest BCUT2D eigenvalue weighted by molar-refractivity contribution is 0.171. The second-order valence-corrected chi connectivity index (χ2v) is 4.06. The van der Waals surface area contributed by atoms with E-state index in [-0.39, 0.29) is 6.79 Å². The molecule has 1 aliphatic rings. The van der Waals surface area contributed by atoms with Gasteiger partial charge in [-0.05, 0) is 30.7 Å². The van der Waals surface area contributed by atoms with E-state index in [0.29, 0.717) is 5.75 Å². The molecule has 17 heavy (non-hydrogen) atoms. The van der Waals surface area contributed by atoms with Gasteiger partial charge in [-0.1, -0.05) is 13.3 Å². The third-order valence-electron chi connectivity index (χ3n) is 2.75. The fraction of sp³-hybridized carbons (Fsp3) is 0.538. The Hall–Kier alpha value is -1.42. The SMILES string of the molecule is CCCCNCc1cc(OC)c2c(c1)OCO2. The van der Waals surface area contributed by atoms with Gasteiger partial charge in [-0.15, -0.1) is 0 Å². The molecule has 0 saturated heterocycles. The van der Waals surface area contributed by atoms with Gasteiger partial charge in [0.05, 0.1) is 7.11 Å². The highest BCUT2D eigenvalue weighted by atomic mass is 16.7. The van der Waals surface area contributed by atoms with E-state index in [9.17, 15) is 0 Å². The molecule has 4 heteroatoms. The van der Waals surface area contributed by atoms with Crippen molar-refractivity contribution < 1.29 is 14.2 Å². The van der Waals surface area contributed by atoms with Crippen LogP contribution in [0.15, 0.2) is 12.1 Å². The molecule has 1 aromatic carbocycles. The second kappa shape index (κ2) is 5.77. The van der Waals surface area contributed by atoms with Crippen LogP contribution in [0.3, 0.4) is 0 Å². The standard InChI is InChI=1S/C13H19NO3/c1-3-4-5-14-8-10-6-11(15-2)13-12(7-10)16-9-17-13/h6-7,14H,3-5,8-9H2,1-2H3. The van der Waals surface area contributed by atoms with E-state index in [1.165, 1.54) is 12.8 Å². The summed E-state index contributed by atoms with van der Waals surface area (Å²) in [6.07, 6.45) is 2.40. The Kier molecular flexibility index (Phi) is 4.09. The summed E-state index contributed by atoms with van der Waals surface area (Å²) >= 11 is 0. The molecule has 1 aliphatic heterocycles. The van der Waals surface area contributed by atoms with Gasteiger partial charge in [0.15, 0.2) is 11.5 Å². The number of unbranched alkanes of at least 4 members (excludes halogenated alkanes) is 1. The number of fused-ring (bicyclic) bond motifs is 1. The Morgan fingerprint density at radius 2 is 2.24 bits per heavy atom. The lowest BCUT2D eigenvalue weighted by Crippen LogP contribution is -2.14. The predicted molar refractivity (Wildman–Crippen MR) is 65.7 cm³/mol. The smallest absolute Gasteiger partial charge is 0.231 e. The zero-order valence-corrected chi connectivity index (χ0v) is 10.4. The van der Waals surface area contributed by atoms with Crippen LogP contribution in [-0.4, -0.2) is 20.4 Å². The van der Waals surface area contributed by atoms with Gasteiger partial charge in [0.1, 0.15) is 0 Å². The highest BCUT2D eigenvalue weighted by Crippen LogP contribution is 2.41. The second-order valence-electron chi connectivity index (χ2n) is 4.06. The fourth-order valence-corrected chi connectivity index (χ4v) is 1.82. The average Bonchev–Trinajstić information content (AvgIpc) is 2.81. The molecule has 1 aromatic rings. The molecule has 2 rings (SSSR count). The van der Waals surface area contributed by atoms with Crippen LogP contribution in [0.25, 0.3) is 0 Å². The first-order chi connectivity index (χ1) is 8.35. The molecule has 0 fully saturated rings. The summed E-state index contributed by atoms with van der Waals surface area (Å²) in [7, 11) is 1.64. The number of hydrogen-bond acceptors (Lipinski definition) is 4. The Bertz CT molecular complexity index is 379. The van der Waals surface area contributed by atoms with E-state index in [1.54, 1.807) is 7.11 Å². The molecule has 0 aromatic heterocycles.